The largest absolute Gasteiger partial charge is 0.349 e. The Kier molecular flexibility index (Phi) is 10.9. The van der Waals surface area contributed by atoms with Gasteiger partial charge in [0.25, 0.3) is 0 Å². The lowest BCUT2D eigenvalue weighted by molar-refractivity contribution is -0.124. The van der Waals surface area contributed by atoms with Crippen LogP contribution in [0.4, 0.5) is 0 Å². The molecule has 20 heavy (non-hydrogen) atoms. The van der Waals surface area contributed by atoms with Gasteiger partial charge in [-0.15, -0.1) is 0 Å². The fraction of sp³-hybridized carbons (Fsp3) is 0.812. The number of rotatable bonds is 12. The van der Waals surface area contributed by atoms with E-state index in [1.54, 1.807) is 0 Å². The molecular weight excluding hydrogens is 254 g/mol. The third-order valence-corrected chi connectivity index (χ3v) is 3.26. The van der Waals surface area contributed by atoms with Gasteiger partial charge in [-0.25, -0.2) is 0 Å². The number of nitrogens with one attached hydrogen (secondary N) is 1. The van der Waals surface area contributed by atoms with Crippen molar-refractivity contribution in [1.29, 1.82) is 0 Å². The van der Waals surface area contributed by atoms with Gasteiger partial charge < -0.3 is 5.32 Å². The highest BCUT2D eigenvalue weighted by Gasteiger charge is 2.06. The summed E-state index contributed by atoms with van der Waals surface area (Å²) in [4.78, 5) is 33.4. The van der Waals surface area contributed by atoms with E-state index in [4.69, 9.17) is 0 Å². The lowest BCUT2D eigenvalue weighted by atomic mass is 10.0. The summed E-state index contributed by atoms with van der Waals surface area (Å²) in [5, 5.41) is 2.59. The number of amides is 1. The maximum absolute atomic E-state index is 11.4. The van der Waals surface area contributed by atoms with Crippen molar-refractivity contribution in [2.45, 2.75) is 72.1 Å². The van der Waals surface area contributed by atoms with Gasteiger partial charge in [-0.3, -0.25) is 14.4 Å². The van der Waals surface area contributed by atoms with Crippen molar-refractivity contribution in [2.24, 2.45) is 5.92 Å². The Bertz CT molecular complexity index is 311. The minimum Gasteiger partial charge on any atom is -0.349 e. The Hall–Kier alpha value is -1.19. The predicted octanol–water partition coefficient (Wildman–Crippen LogP) is 3.04. The van der Waals surface area contributed by atoms with Crippen LogP contribution in [0.5, 0.6) is 0 Å². The first-order valence-electron chi connectivity index (χ1n) is 7.72. The zero-order chi connectivity index (χ0) is 15.4. The second kappa shape index (κ2) is 11.6. The number of hydrogen-bond donors (Lipinski definition) is 1. The number of hydrogen-bond acceptors (Lipinski definition) is 3. The van der Waals surface area contributed by atoms with Crippen molar-refractivity contribution in [3.63, 3.8) is 0 Å². The van der Waals surface area contributed by atoms with E-state index in [-0.39, 0.29) is 24.2 Å². The smallest absolute Gasteiger partial charge is 0.220 e. The SMILES string of the molecule is CC(=O)CNC(=O)CCCCCCCCC(=O)C(C)C. The van der Waals surface area contributed by atoms with Crippen LogP contribution in [0.1, 0.15) is 72.1 Å². The lowest BCUT2D eigenvalue weighted by Crippen LogP contribution is -2.27. The number of carbonyl (C=O) groups is 3. The Morgan fingerprint density at radius 3 is 1.85 bits per heavy atom. The molecule has 4 nitrogen and oxygen atoms in total. The third kappa shape index (κ3) is 11.9. The highest BCUT2D eigenvalue weighted by molar-refractivity contribution is 5.84. The van der Waals surface area contributed by atoms with Crippen LogP contribution in [0, 0.1) is 5.92 Å². The van der Waals surface area contributed by atoms with Gasteiger partial charge >= 0.3 is 0 Å². The maximum atomic E-state index is 11.4. The minimum absolute atomic E-state index is 0.0192. The van der Waals surface area contributed by atoms with Crippen molar-refractivity contribution in [3.8, 4) is 0 Å². The monoisotopic (exact) mass is 283 g/mol. The van der Waals surface area contributed by atoms with Gasteiger partial charge in [-0.1, -0.05) is 39.5 Å². The first kappa shape index (κ1) is 18.8. The molecule has 0 aliphatic carbocycles. The number of unbranched alkanes of at least 4 members (excludes halogenated alkanes) is 5. The van der Waals surface area contributed by atoms with E-state index in [9.17, 15) is 14.4 Å². The van der Waals surface area contributed by atoms with Gasteiger partial charge in [0.2, 0.25) is 5.91 Å². The van der Waals surface area contributed by atoms with E-state index in [1.165, 1.54) is 6.92 Å². The zero-order valence-electron chi connectivity index (χ0n) is 13.2. The van der Waals surface area contributed by atoms with Crippen molar-refractivity contribution >= 4 is 17.5 Å². The average molecular weight is 283 g/mol. The highest BCUT2D eigenvalue weighted by atomic mass is 16.2. The maximum Gasteiger partial charge on any atom is 0.220 e. The molecule has 0 radical (unpaired) electrons. The van der Waals surface area contributed by atoms with E-state index in [2.05, 4.69) is 5.32 Å². The standard InChI is InChI=1S/C16H29NO3/c1-13(2)15(19)10-8-6-4-5-7-9-11-16(20)17-12-14(3)18/h13H,4-12H2,1-3H3,(H,17,20). The topological polar surface area (TPSA) is 63.2 Å². The molecule has 0 spiro atoms. The van der Waals surface area contributed by atoms with Gasteiger partial charge in [0.05, 0.1) is 6.54 Å². The molecule has 0 aliphatic heterocycles. The van der Waals surface area contributed by atoms with Gasteiger partial charge in [0.1, 0.15) is 11.6 Å². The fourth-order valence-corrected chi connectivity index (χ4v) is 1.89. The van der Waals surface area contributed by atoms with Crippen LogP contribution in [0.3, 0.4) is 0 Å². The quantitative estimate of drug-likeness (QED) is 0.560. The van der Waals surface area contributed by atoms with Crippen LogP contribution in [-0.4, -0.2) is 24.0 Å². The molecule has 0 aromatic carbocycles. The number of ketones is 2. The first-order chi connectivity index (χ1) is 9.43. The van der Waals surface area contributed by atoms with Crippen molar-refractivity contribution in [2.75, 3.05) is 6.54 Å². The summed E-state index contributed by atoms with van der Waals surface area (Å²) in [5.74, 6) is 0.452. The summed E-state index contributed by atoms with van der Waals surface area (Å²) in [6.07, 6.45) is 7.41. The van der Waals surface area contributed by atoms with E-state index >= 15 is 0 Å². The molecule has 0 heterocycles. The fourth-order valence-electron chi connectivity index (χ4n) is 1.89. The van der Waals surface area contributed by atoms with Crippen molar-refractivity contribution in [1.82, 2.24) is 5.32 Å². The number of carbonyl (C=O) groups excluding carboxylic acids is 3. The van der Waals surface area contributed by atoms with E-state index in [0.717, 1.165) is 38.5 Å². The first-order valence-corrected chi connectivity index (χ1v) is 7.72. The van der Waals surface area contributed by atoms with Gasteiger partial charge in [-0.05, 0) is 19.8 Å². The molecule has 1 amide bonds. The second-order valence-electron chi connectivity index (χ2n) is 5.72. The van der Waals surface area contributed by atoms with Crippen LogP contribution in [-0.2, 0) is 14.4 Å². The van der Waals surface area contributed by atoms with Crippen LogP contribution in [0.2, 0.25) is 0 Å². The third-order valence-electron chi connectivity index (χ3n) is 3.26. The van der Waals surface area contributed by atoms with Gasteiger partial charge in [0.15, 0.2) is 0 Å². The van der Waals surface area contributed by atoms with Crippen LogP contribution in [0.25, 0.3) is 0 Å². The Labute approximate surface area is 122 Å². The summed E-state index contributed by atoms with van der Waals surface area (Å²) in [5.41, 5.74) is 0. The molecule has 0 atom stereocenters. The second-order valence-corrected chi connectivity index (χ2v) is 5.72. The van der Waals surface area contributed by atoms with Gasteiger partial charge in [-0.2, -0.15) is 0 Å². The molecule has 0 aromatic heterocycles. The molecule has 116 valence electrons. The van der Waals surface area contributed by atoms with Crippen molar-refractivity contribution in [3.05, 3.63) is 0 Å². The summed E-state index contributed by atoms with van der Waals surface area (Å²) in [6.45, 7) is 5.49. The van der Waals surface area contributed by atoms with Crippen molar-refractivity contribution < 1.29 is 14.4 Å². The average Bonchev–Trinajstić information content (AvgIpc) is 2.38. The Morgan fingerprint density at radius 2 is 1.35 bits per heavy atom. The molecule has 0 aromatic rings. The van der Waals surface area contributed by atoms with Gasteiger partial charge in [0, 0.05) is 18.8 Å². The van der Waals surface area contributed by atoms with E-state index < -0.39 is 0 Å². The molecule has 0 unspecified atom stereocenters. The molecule has 4 heteroatoms. The minimum atomic E-state index is -0.0391. The Balaban J connectivity index is 3.30. The summed E-state index contributed by atoms with van der Waals surface area (Å²) in [7, 11) is 0. The molecule has 0 rings (SSSR count). The van der Waals surface area contributed by atoms with Crippen LogP contribution < -0.4 is 5.32 Å². The summed E-state index contributed by atoms with van der Waals surface area (Å²) < 4.78 is 0. The normalized spacial score (nSPS) is 10.6. The van der Waals surface area contributed by atoms with E-state index in [1.807, 2.05) is 13.8 Å². The predicted molar refractivity (Wildman–Crippen MR) is 80.5 cm³/mol. The van der Waals surface area contributed by atoms with Crippen LogP contribution >= 0.6 is 0 Å². The Morgan fingerprint density at radius 1 is 0.850 bits per heavy atom. The number of Topliss-reactive ketones (excluding diaryl/α,β-unsaturated/α-hetero) is 2. The van der Waals surface area contributed by atoms with Crippen LogP contribution in [0.15, 0.2) is 0 Å². The molecule has 0 bridgehead atoms. The molecule has 0 saturated carbocycles. The van der Waals surface area contributed by atoms with E-state index in [0.29, 0.717) is 18.6 Å². The summed E-state index contributed by atoms with van der Waals surface area (Å²) >= 11 is 0. The molecule has 1 N–H and O–H groups in total. The highest BCUT2D eigenvalue weighted by Crippen LogP contribution is 2.10. The molecular formula is C16H29NO3. The summed E-state index contributed by atoms with van der Waals surface area (Å²) in [6, 6.07) is 0. The molecule has 0 aliphatic rings. The molecule has 0 saturated heterocycles. The molecule has 0 fully saturated rings. The lowest BCUT2D eigenvalue weighted by Gasteiger charge is -2.04. The zero-order valence-corrected chi connectivity index (χ0v) is 13.2.